The molecule has 0 unspecified atom stereocenters. The molecule has 0 N–H and O–H groups in total. The molecular formula is C11H20O. The predicted octanol–water partition coefficient (Wildman–Crippen LogP) is 3.04. The zero-order valence-corrected chi connectivity index (χ0v) is 8.68. The molecular weight excluding hydrogens is 148 g/mol. The van der Waals surface area contributed by atoms with Crippen molar-refractivity contribution in [1.82, 2.24) is 0 Å². The normalized spacial score (nSPS) is 20.2. The lowest BCUT2D eigenvalue weighted by atomic mass is 9.84. The van der Waals surface area contributed by atoms with Gasteiger partial charge >= 0.3 is 0 Å². The van der Waals surface area contributed by atoms with E-state index in [2.05, 4.69) is 27.7 Å². The van der Waals surface area contributed by atoms with E-state index in [0.717, 1.165) is 19.3 Å². The zero-order chi connectivity index (χ0) is 9.35. The Hall–Kier alpha value is -0.330. The van der Waals surface area contributed by atoms with Crippen LogP contribution in [0.3, 0.4) is 0 Å². The Kier molecular flexibility index (Phi) is 2.60. The summed E-state index contributed by atoms with van der Waals surface area (Å²) in [7, 11) is 0. The van der Waals surface area contributed by atoms with Crippen molar-refractivity contribution in [3.63, 3.8) is 0 Å². The third-order valence-corrected chi connectivity index (χ3v) is 3.04. The first-order valence-electron chi connectivity index (χ1n) is 5.02. The van der Waals surface area contributed by atoms with Gasteiger partial charge in [0.25, 0.3) is 0 Å². The molecule has 0 aromatic heterocycles. The van der Waals surface area contributed by atoms with Crippen LogP contribution < -0.4 is 0 Å². The molecule has 0 radical (unpaired) electrons. The van der Waals surface area contributed by atoms with Crippen LogP contribution in [0, 0.1) is 17.3 Å². The topological polar surface area (TPSA) is 17.1 Å². The Labute approximate surface area is 75.5 Å². The quantitative estimate of drug-likeness (QED) is 0.630. The van der Waals surface area contributed by atoms with Crippen LogP contribution in [-0.4, -0.2) is 5.78 Å². The molecule has 0 aliphatic heterocycles. The summed E-state index contributed by atoms with van der Waals surface area (Å²) in [5, 5.41) is 0. The fourth-order valence-corrected chi connectivity index (χ4v) is 1.89. The average Bonchev–Trinajstić information content (AvgIpc) is 2.63. The smallest absolute Gasteiger partial charge is 0.139 e. The van der Waals surface area contributed by atoms with Crippen molar-refractivity contribution in [2.24, 2.45) is 17.3 Å². The SMILES string of the molecule is CC(C)CC(=O)C1(C(C)C)CC1. The summed E-state index contributed by atoms with van der Waals surface area (Å²) < 4.78 is 0. The van der Waals surface area contributed by atoms with Crippen LogP contribution in [0.1, 0.15) is 47.0 Å². The molecule has 0 amide bonds. The molecule has 1 heteroatoms. The summed E-state index contributed by atoms with van der Waals surface area (Å²) in [6.45, 7) is 8.58. The van der Waals surface area contributed by atoms with Crippen LogP contribution in [0.15, 0.2) is 0 Å². The highest BCUT2D eigenvalue weighted by atomic mass is 16.1. The van der Waals surface area contributed by atoms with Gasteiger partial charge in [0.2, 0.25) is 0 Å². The lowest BCUT2D eigenvalue weighted by Crippen LogP contribution is -2.22. The van der Waals surface area contributed by atoms with Crippen LogP contribution >= 0.6 is 0 Å². The number of hydrogen-bond donors (Lipinski definition) is 0. The highest BCUT2D eigenvalue weighted by Gasteiger charge is 2.51. The Morgan fingerprint density at radius 3 is 2.00 bits per heavy atom. The van der Waals surface area contributed by atoms with Crippen LogP contribution in [0.25, 0.3) is 0 Å². The van der Waals surface area contributed by atoms with Gasteiger partial charge < -0.3 is 0 Å². The highest BCUT2D eigenvalue weighted by Crippen LogP contribution is 2.53. The molecule has 0 heterocycles. The number of carbonyl (C=O) groups excluding carboxylic acids is 1. The van der Waals surface area contributed by atoms with E-state index in [1.807, 2.05) is 0 Å². The molecule has 0 saturated heterocycles. The third-order valence-electron chi connectivity index (χ3n) is 3.04. The van der Waals surface area contributed by atoms with Crippen molar-refractivity contribution in [2.45, 2.75) is 47.0 Å². The number of Topliss-reactive ketones (excluding diaryl/α,β-unsaturated/α-hetero) is 1. The molecule has 1 nitrogen and oxygen atoms in total. The standard InChI is InChI=1S/C11H20O/c1-8(2)7-10(12)11(5-6-11)9(3)4/h8-9H,5-7H2,1-4H3. The first-order valence-corrected chi connectivity index (χ1v) is 5.02. The Bertz CT molecular complexity index is 175. The fourth-order valence-electron chi connectivity index (χ4n) is 1.89. The first kappa shape index (κ1) is 9.76. The van der Waals surface area contributed by atoms with Gasteiger partial charge in [-0.05, 0) is 24.7 Å². The van der Waals surface area contributed by atoms with E-state index in [4.69, 9.17) is 0 Å². The highest BCUT2D eigenvalue weighted by molar-refractivity contribution is 5.87. The lowest BCUT2D eigenvalue weighted by Gasteiger charge is -2.18. The summed E-state index contributed by atoms with van der Waals surface area (Å²) in [6.07, 6.45) is 3.05. The number of ketones is 1. The molecule has 0 bridgehead atoms. The molecule has 70 valence electrons. The molecule has 0 aromatic rings. The molecule has 1 rings (SSSR count). The summed E-state index contributed by atoms with van der Waals surface area (Å²) in [5.41, 5.74) is 0.101. The van der Waals surface area contributed by atoms with Gasteiger partial charge in [-0.25, -0.2) is 0 Å². The summed E-state index contributed by atoms with van der Waals surface area (Å²) >= 11 is 0. The molecule has 1 fully saturated rings. The van der Waals surface area contributed by atoms with Crippen LogP contribution in [0.2, 0.25) is 0 Å². The van der Waals surface area contributed by atoms with Crippen molar-refractivity contribution < 1.29 is 4.79 Å². The summed E-state index contributed by atoms with van der Waals surface area (Å²) in [5.74, 6) is 1.57. The lowest BCUT2D eigenvalue weighted by molar-refractivity contribution is -0.126. The van der Waals surface area contributed by atoms with E-state index >= 15 is 0 Å². The Morgan fingerprint density at radius 1 is 1.25 bits per heavy atom. The average molecular weight is 168 g/mol. The second kappa shape index (κ2) is 3.20. The van der Waals surface area contributed by atoms with Gasteiger partial charge in [0.1, 0.15) is 5.78 Å². The summed E-state index contributed by atoms with van der Waals surface area (Å²) in [6, 6.07) is 0. The minimum absolute atomic E-state index is 0.101. The van der Waals surface area contributed by atoms with Crippen molar-refractivity contribution in [3.05, 3.63) is 0 Å². The Morgan fingerprint density at radius 2 is 1.75 bits per heavy atom. The van der Waals surface area contributed by atoms with Crippen molar-refractivity contribution in [1.29, 1.82) is 0 Å². The van der Waals surface area contributed by atoms with E-state index in [1.165, 1.54) is 0 Å². The second-order valence-corrected chi connectivity index (χ2v) is 4.83. The zero-order valence-electron chi connectivity index (χ0n) is 8.68. The monoisotopic (exact) mass is 168 g/mol. The first-order chi connectivity index (χ1) is 5.49. The minimum atomic E-state index is 0.101. The van der Waals surface area contributed by atoms with Gasteiger partial charge in [-0.2, -0.15) is 0 Å². The van der Waals surface area contributed by atoms with Crippen LogP contribution in [-0.2, 0) is 4.79 Å². The van der Waals surface area contributed by atoms with E-state index in [-0.39, 0.29) is 5.41 Å². The predicted molar refractivity (Wildman–Crippen MR) is 51.0 cm³/mol. The summed E-state index contributed by atoms with van der Waals surface area (Å²) in [4.78, 5) is 11.8. The van der Waals surface area contributed by atoms with Gasteiger partial charge in [-0.3, -0.25) is 4.79 Å². The third kappa shape index (κ3) is 1.70. The largest absolute Gasteiger partial charge is 0.299 e. The van der Waals surface area contributed by atoms with Gasteiger partial charge in [-0.15, -0.1) is 0 Å². The molecule has 0 aromatic carbocycles. The molecule has 0 atom stereocenters. The van der Waals surface area contributed by atoms with E-state index in [9.17, 15) is 4.79 Å². The number of rotatable bonds is 4. The maximum absolute atomic E-state index is 11.8. The Balaban J connectivity index is 2.52. The van der Waals surface area contributed by atoms with Crippen molar-refractivity contribution in [2.75, 3.05) is 0 Å². The fraction of sp³-hybridized carbons (Fsp3) is 0.909. The maximum atomic E-state index is 11.8. The molecule has 12 heavy (non-hydrogen) atoms. The van der Waals surface area contributed by atoms with Crippen molar-refractivity contribution >= 4 is 5.78 Å². The van der Waals surface area contributed by atoms with Gasteiger partial charge in [0.05, 0.1) is 0 Å². The van der Waals surface area contributed by atoms with Crippen molar-refractivity contribution in [3.8, 4) is 0 Å². The molecule has 1 aliphatic rings. The minimum Gasteiger partial charge on any atom is -0.299 e. The van der Waals surface area contributed by atoms with Gasteiger partial charge in [0.15, 0.2) is 0 Å². The molecule has 0 spiro atoms. The van der Waals surface area contributed by atoms with Crippen LogP contribution in [0.4, 0.5) is 0 Å². The molecule has 1 aliphatic carbocycles. The number of hydrogen-bond acceptors (Lipinski definition) is 1. The van der Waals surface area contributed by atoms with Gasteiger partial charge in [-0.1, -0.05) is 27.7 Å². The maximum Gasteiger partial charge on any atom is 0.139 e. The van der Waals surface area contributed by atoms with E-state index < -0.39 is 0 Å². The van der Waals surface area contributed by atoms with E-state index in [0.29, 0.717) is 17.6 Å². The van der Waals surface area contributed by atoms with Gasteiger partial charge in [0, 0.05) is 11.8 Å². The van der Waals surface area contributed by atoms with Crippen LogP contribution in [0.5, 0.6) is 0 Å². The van der Waals surface area contributed by atoms with E-state index in [1.54, 1.807) is 0 Å². The second-order valence-electron chi connectivity index (χ2n) is 4.83. The number of carbonyl (C=O) groups is 1. The molecule has 1 saturated carbocycles.